The Morgan fingerprint density at radius 3 is 1.85 bits per heavy atom. The number of aliphatic hydroxyl groups is 3. The Hall–Kier alpha value is -0.810. The monoisotopic (exact) mass is 472 g/mol. The summed E-state index contributed by atoms with van der Waals surface area (Å²) in [5.41, 5.74) is 0. The van der Waals surface area contributed by atoms with E-state index < -0.39 is 60.5 Å². The third-order valence-electron chi connectivity index (χ3n) is 7.33. The molecule has 0 spiro atoms. The van der Waals surface area contributed by atoms with Crippen LogP contribution in [0.3, 0.4) is 0 Å². The summed E-state index contributed by atoms with van der Waals surface area (Å²) in [6.45, 7) is 8.82. The highest BCUT2D eigenvalue weighted by molar-refractivity contribution is 5.87. The molecule has 1 saturated carbocycles. The average molecular weight is 473 g/mol. The van der Waals surface area contributed by atoms with Crippen LogP contribution in [0.15, 0.2) is 0 Å². The van der Waals surface area contributed by atoms with Crippen molar-refractivity contribution in [3.8, 4) is 0 Å². The van der Waals surface area contributed by atoms with E-state index >= 15 is 0 Å². The van der Waals surface area contributed by atoms with E-state index in [1.165, 1.54) is 40.0 Å². The first-order valence-corrected chi connectivity index (χ1v) is 11.6. The van der Waals surface area contributed by atoms with Gasteiger partial charge in [0.2, 0.25) is 6.29 Å². The SMILES string of the molecule is C1N2CN3CN1CN(C2)C3.CN[C@@H]1[C@H](O)[C@H](NC)[C@H]2O[C@@]3(O)C(=O)C[C@@H](C)O[C@H]3O[C@@H]2[C@H]1O. The second-order valence-electron chi connectivity index (χ2n) is 9.93. The van der Waals surface area contributed by atoms with Gasteiger partial charge in [0.25, 0.3) is 5.79 Å². The maximum Gasteiger partial charge on any atom is 0.280 e. The number of rotatable bonds is 2. The zero-order valence-electron chi connectivity index (χ0n) is 19.3. The molecule has 188 valence electrons. The van der Waals surface area contributed by atoms with Crippen molar-refractivity contribution >= 4 is 5.78 Å². The summed E-state index contributed by atoms with van der Waals surface area (Å²) in [7, 11) is 3.24. The molecule has 0 aromatic heterocycles. The molecule has 9 atom stereocenters. The number of ketones is 1. The van der Waals surface area contributed by atoms with Gasteiger partial charge in [-0.15, -0.1) is 0 Å². The van der Waals surface area contributed by atoms with Gasteiger partial charge in [-0.2, -0.15) is 0 Å². The maximum atomic E-state index is 12.2. The predicted molar refractivity (Wildman–Crippen MR) is 113 cm³/mol. The van der Waals surface area contributed by atoms with Gasteiger partial charge < -0.3 is 40.2 Å². The van der Waals surface area contributed by atoms with Gasteiger partial charge in [0.05, 0.1) is 64.3 Å². The lowest BCUT2D eigenvalue weighted by molar-refractivity contribution is -0.420. The smallest absolute Gasteiger partial charge is 0.280 e. The van der Waals surface area contributed by atoms with Gasteiger partial charge in [-0.05, 0) is 21.0 Å². The summed E-state index contributed by atoms with van der Waals surface area (Å²) in [5, 5.41) is 37.2. The second kappa shape index (κ2) is 9.00. The molecule has 7 rings (SSSR count). The zero-order chi connectivity index (χ0) is 23.5. The molecular weight excluding hydrogens is 436 g/mol. The minimum atomic E-state index is -2.23. The molecule has 6 heterocycles. The summed E-state index contributed by atoms with van der Waals surface area (Å²) >= 11 is 0. The van der Waals surface area contributed by atoms with Gasteiger partial charge in [0, 0.05) is 6.42 Å². The van der Waals surface area contributed by atoms with Crippen LogP contribution in [0.25, 0.3) is 0 Å². The molecule has 0 radical (unpaired) electrons. The molecule has 0 aromatic rings. The van der Waals surface area contributed by atoms with E-state index in [-0.39, 0.29) is 6.42 Å². The van der Waals surface area contributed by atoms with E-state index in [2.05, 4.69) is 30.2 Å². The fraction of sp³-hybridized carbons (Fsp3) is 0.950. The highest BCUT2D eigenvalue weighted by atomic mass is 16.8. The van der Waals surface area contributed by atoms with Crippen LogP contribution in [0.2, 0.25) is 0 Å². The molecule has 13 nitrogen and oxygen atoms in total. The Labute approximate surface area is 193 Å². The first-order chi connectivity index (χ1) is 15.7. The van der Waals surface area contributed by atoms with Crippen LogP contribution in [0.4, 0.5) is 0 Å². The van der Waals surface area contributed by atoms with Crippen LogP contribution >= 0.6 is 0 Å². The Balaban J connectivity index is 0.000000186. The van der Waals surface area contributed by atoms with E-state index in [1.807, 2.05) is 0 Å². The molecule has 6 aliphatic heterocycles. The number of fused-ring (bicyclic) bond motifs is 2. The van der Waals surface area contributed by atoms with Crippen molar-refractivity contribution in [2.24, 2.45) is 0 Å². The van der Waals surface area contributed by atoms with Gasteiger partial charge in [-0.1, -0.05) is 0 Å². The molecule has 0 amide bonds. The number of hydrogen-bond donors (Lipinski definition) is 5. The van der Waals surface area contributed by atoms with E-state index in [9.17, 15) is 20.1 Å². The zero-order valence-corrected chi connectivity index (χ0v) is 19.3. The van der Waals surface area contributed by atoms with Crippen molar-refractivity contribution < 1.29 is 34.3 Å². The Morgan fingerprint density at radius 1 is 0.848 bits per heavy atom. The third kappa shape index (κ3) is 4.13. The van der Waals surface area contributed by atoms with Crippen molar-refractivity contribution in [2.75, 3.05) is 54.1 Å². The minimum Gasteiger partial charge on any atom is -0.390 e. The number of ether oxygens (including phenoxy) is 3. The van der Waals surface area contributed by atoms with Gasteiger partial charge >= 0.3 is 0 Å². The van der Waals surface area contributed by atoms with Crippen LogP contribution < -0.4 is 10.6 Å². The predicted octanol–water partition coefficient (Wildman–Crippen LogP) is -3.95. The normalized spacial score (nSPS) is 54.8. The number of likely N-dealkylation sites (N-methyl/N-ethyl adjacent to an activating group) is 2. The number of nitrogens with zero attached hydrogens (tertiary/aromatic N) is 4. The fourth-order valence-corrected chi connectivity index (χ4v) is 5.92. The molecule has 5 N–H and O–H groups in total. The first-order valence-electron chi connectivity index (χ1n) is 11.6. The molecule has 33 heavy (non-hydrogen) atoms. The summed E-state index contributed by atoms with van der Waals surface area (Å²) in [6.07, 6.45) is -5.58. The maximum absolute atomic E-state index is 12.2. The average Bonchev–Trinajstić information content (AvgIpc) is 2.74. The van der Waals surface area contributed by atoms with Crippen molar-refractivity contribution in [3.05, 3.63) is 0 Å². The minimum absolute atomic E-state index is 0.00220. The quantitative estimate of drug-likeness (QED) is 0.267. The third-order valence-corrected chi connectivity index (χ3v) is 7.33. The molecule has 1 aliphatic carbocycles. The number of carbonyl (C=O) groups excluding carboxylic acids is 1. The van der Waals surface area contributed by atoms with Crippen LogP contribution in [0.5, 0.6) is 0 Å². The lowest BCUT2D eigenvalue weighted by Gasteiger charge is -2.56. The largest absolute Gasteiger partial charge is 0.390 e. The Morgan fingerprint density at radius 2 is 1.36 bits per heavy atom. The van der Waals surface area contributed by atoms with Gasteiger partial charge in [0.15, 0.2) is 5.78 Å². The fourth-order valence-electron chi connectivity index (χ4n) is 5.92. The number of nitrogens with one attached hydrogen (secondary N) is 2. The summed E-state index contributed by atoms with van der Waals surface area (Å²) in [6, 6.07) is -1.29. The summed E-state index contributed by atoms with van der Waals surface area (Å²) < 4.78 is 16.8. The molecule has 7 aliphatic rings. The van der Waals surface area contributed by atoms with Gasteiger partial charge in [-0.25, -0.2) is 0 Å². The molecule has 0 aromatic carbocycles. The van der Waals surface area contributed by atoms with Crippen LogP contribution in [-0.4, -0.2) is 149 Å². The van der Waals surface area contributed by atoms with E-state index in [4.69, 9.17) is 14.2 Å². The molecular formula is C20H36N6O7. The molecule has 13 heteroatoms. The van der Waals surface area contributed by atoms with E-state index in [0.717, 1.165) is 0 Å². The van der Waals surface area contributed by atoms with Crippen molar-refractivity contribution in [3.63, 3.8) is 0 Å². The topological polar surface area (TPSA) is 142 Å². The van der Waals surface area contributed by atoms with Crippen molar-refractivity contribution in [1.29, 1.82) is 0 Å². The molecule has 7 fully saturated rings. The van der Waals surface area contributed by atoms with Crippen molar-refractivity contribution in [1.82, 2.24) is 30.2 Å². The Bertz CT molecular complexity index is 691. The van der Waals surface area contributed by atoms with Crippen LogP contribution in [0.1, 0.15) is 13.3 Å². The molecule has 0 unspecified atom stereocenters. The lowest BCUT2D eigenvalue weighted by atomic mass is 9.80. The number of carbonyl (C=O) groups is 1. The number of aliphatic hydroxyl groups excluding tert-OH is 2. The lowest BCUT2D eigenvalue weighted by Crippen LogP contribution is -2.77. The summed E-state index contributed by atoms with van der Waals surface area (Å²) in [4.78, 5) is 22.1. The summed E-state index contributed by atoms with van der Waals surface area (Å²) in [5.74, 6) is -2.76. The van der Waals surface area contributed by atoms with E-state index in [1.54, 1.807) is 21.0 Å². The van der Waals surface area contributed by atoms with Crippen molar-refractivity contribution in [2.45, 2.75) is 68.0 Å². The standard InChI is InChI=1S/C14H24N2O7.C6H12N4/c1-5-4-6(17)14(20)13(21-5)22-12-10(19)7(15-2)9(18)8(16-3)11(12)23-14;1-7-2-9-4-8(1)5-10(3-7)6-9/h5,7-13,15-16,18-20H,4H2,1-3H3;1-6H2/t5-,7-,8+,9+,10+,11-,12-,13+,14+;/m1./s1. The molecule has 6 saturated heterocycles. The van der Waals surface area contributed by atoms with E-state index in [0.29, 0.717) is 0 Å². The number of Topliss-reactive ketones (excluding diaryl/α,β-unsaturated/α-hetero) is 1. The highest BCUT2D eigenvalue weighted by Gasteiger charge is 2.63. The Kier molecular flexibility index (Phi) is 6.52. The van der Waals surface area contributed by atoms with Crippen LogP contribution in [0, 0.1) is 0 Å². The molecule has 4 bridgehead atoms. The van der Waals surface area contributed by atoms with Gasteiger partial charge in [0.1, 0.15) is 18.3 Å². The first kappa shape index (κ1) is 23.9. The van der Waals surface area contributed by atoms with Gasteiger partial charge in [-0.3, -0.25) is 24.4 Å². The second-order valence-corrected chi connectivity index (χ2v) is 9.93. The highest BCUT2D eigenvalue weighted by Crippen LogP contribution is 2.40. The number of hydrogen-bond acceptors (Lipinski definition) is 13. The van der Waals surface area contributed by atoms with Crippen LogP contribution in [-0.2, 0) is 19.0 Å².